The molecule has 0 N–H and O–H groups in total. The second-order valence-electron chi connectivity index (χ2n) is 6.70. The van der Waals surface area contributed by atoms with E-state index in [2.05, 4.69) is 43.0 Å². The number of thiophene rings is 2. The van der Waals surface area contributed by atoms with Gasteiger partial charge in [0.15, 0.2) is 0 Å². The van der Waals surface area contributed by atoms with Gasteiger partial charge < -0.3 is 0 Å². The van der Waals surface area contributed by atoms with E-state index in [1.165, 1.54) is 9.75 Å². The van der Waals surface area contributed by atoms with Gasteiger partial charge in [0, 0.05) is 0 Å². The Morgan fingerprint density at radius 2 is 1.31 bits per heavy atom. The van der Waals surface area contributed by atoms with E-state index in [-0.39, 0.29) is 40.3 Å². The predicted molar refractivity (Wildman–Crippen MR) is 130 cm³/mol. The third-order valence-electron chi connectivity index (χ3n) is 4.60. The number of aryl methyl sites for hydroxylation is 2. The number of nitrogens with zero attached hydrogens (tertiary/aromatic N) is 4. The zero-order chi connectivity index (χ0) is 22.8. The first-order valence-corrected chi connectivity index (χ1v) is 14.3. The minimum absolute atomic E-state index is 0.139. The van der Waals surface area contributed by atoms with E-state index >= 15 is 0 Å². The molecule has 0 saturated carbocycles. The van der Waals surface area contributed by atoms with Gasteiger partial charge >= 0.3 is 206 Å². The molecule has 4 aromatic heterocycles. The van der Waals surface area contributed by atoms with Gasteiger partial charge in [-0.2, -0.15) is 0 Å². The summed E-state index contributed by atoms with van der Waals surface area (Å²) < 4.78 is 3.86. The molecule has 0 bridgehead atoms. The summed E-state index contributed by atoms with van der Waals surface area (Å²) in [6.07, 6.45) is 0. The van der Waals surface area contributed by atoms with Crippen molar-refractivity contribution in [2.45, 2.75) is 13.8 Å². The SMILES string of the molecule is [C-]#[N+]/C(C#N)=c1\cc(-c2ccc(C)s2)/c(=c2\[se]c(=C(C#N)C#N)cc2-c2ccc(C)s2)[se]1. The molecule has 4 rings (SSSR count). The van der Waals surface area contributed by atoms with Gasteiger partial charge in [-0.15, -0.1) is 0 Å². The van der Waals surface area contributed by atoms with Gasteiger partial charge in [0.2, 0.25) is 0 Å². The molecule has 0 amide bonds. The van der Waals surface area contributed by atoms with E-state index < -0.39 is 0 Å². The van der Waals surface area contributed by atoms with Crippen molar-refractivity contribution in [3.63, 3.8) is 0 Å². The molecule has 0 aliphatic heterocycles. The monoisotopic (exact) mass is 580 g/mol. The first-order chi connectivity index (χ1) is 15.5. The van der Waals surface area contributed by atoms with Crippen LogP contribution in [0.2, 0.25) is 0 Å². The third kappa shape index (κ3) is 4.10. The molecule has 0 atom stereocenters. The molecular formula is C24H12N4S2Se2. The number of rotatable bonds is 2. The van der Waals surface area contributed by atoms with E-state index in [1.54, 1.807) is 22.7 Å². The van der Waals surface area contributed by atoms with Crippen LogP contribution in [0.3, 0.4) is 0 Å². The van der Waals surface area contributed by atoms with Crippen LogP contribution in [0.5, 0.6) is 0 Å². The third-order valence-corrected chi connectivity index (χ3v) is 12.2. The van der Waals surface area contributed by atoms with Crippen LogP contribution in [0.15, 0.2) is 36.4 Å². The molecule has 0 aliphatic rings. The number of hydrogen-bond acceptors (Lipinski definition) is 5. The van der Waals surface area contributed by atoms with Crippen LogP contribution in [0.25, 0.3) is 37.0 Å². The molecule has 32 heavy (non-hydrogen) atoms. The summed E-state index contributed by atoms with van der Waals surface area (Å²) in [5, 5.41) is 28.4. The van der Waals surface area contributed by atoms with Crippen LogP contribution < -0.4 is 8.19 Å². The molecule has 4 heterocycles. The molecular weight excluding hydrogens is 566 g/mol. The van der Waals surface area contributed by atoms with E-state index in [1.807, 2.05) is 30.3 Å². The first kappa shape index (κ1) is 22.3. The van der Waals surface area contributed by atoms with Crippen LogP contribution in [-0.2, 0) is 0 Å². The number of nitriles is 3. The minimum atomic E-state index is -0.211. The van der Waals surface area contributed by atoms with Crippen molar-refractivity contribution in [3.05, 3.63) is 73.9 Å². The molecule has 152 valence electrons. The summed E-state index contributed by atoms with van der Waals surface area (Å²) in [6, 6.07) is 18.4. The standard InChI is InChI=1S/C24H12N4S2Se2/c1-13-4-6-19(29-13)16-8-21(15(10-25)11-26)31-23(16)24-17(20-7-5-14(2)30-20)9-22(32-24)18(12-27)28-3/h4-9H,1-2H3/b22-18+,24-23+. The zero-order valence-electron chi connectivity index (χ0n) is 16.9. The van der Waals surface area contributed by atoms with Crippen LogP contribution in [0.1, 0.15) is 9.75 Å². The van der Waals surface area contributed by atoms with Gasteiger partial charge in [-0.1, -0.05) is 0 Å². The van der Waals surface area contributed by atoms with E-state index in [0.29, 0.717) is 0 Å². The summed E-state index contributed by atoms with van der Waals surface area (Å²) in [4.78, 5) is 8.06. The molecule has 4 aromatic rings. The second kappa shape index (κ2) is 9.30. The normalized spacial score (nSPS) is 12.3. The fourth-order valence-corrected chi connectivity index (χ4v) is 10.6. The average Bonchev–Trinajstić information content (AvgIpc) is 3.56. The number of hydrogen-bond donors (Lipinski definition) is 0. The van der Waals surface area contributed by atoms with Crippen LogP contribution in [0, 0.1) is 62.6 Å². The van der Waals surface area contributed by atoms with Gasteiger partial charge in [-0.25, -0.2) is 0 Å². The Balaban J connectivity index is 2.29. The molecule has 0 fully saturated rings. The fraction of sp³-hybridized carbons (Fsp3) is 0.0833. The van der Waals surface area contributed by atoms with E-state index in [9.17, 15) is 15.8 Å². The Kier molecular flexibility index (Phi) is 6.48. The van der Waals surface area contributed by atoms with Crippen molar-refractivity contribution in [2.24, 2.45) is 0 Å². The molecule has 0 radical (unpaired) electrons. The molecule has 8 heteroatoms. The Hall–Kier alpha value is -2.90. The topological polar surface area (TPSA) is 75.7 Å². The second-order valence-corrected chi connectivity index (χ2v) is 13.7. The Labute approximate surface area is 204 Å². The van der Waals surface area contributed by atoms with Gasteiger partial charge in [-0.05, 0) is 0 Å². The van der Waals surface area contributed by atoms with Crippen molar-refractivity contribution < 1.29 is 0 Å². The van der Waals surface area contributed by atoms with Crippen molar-refractivity contribution in [1.29, 1.82) is 15.8 Å². The van der Waals surface area contributed by atoms with Crippen molar-refractivity contribution in [3.8, 4) is 39.1 Å². The Morgan fingerprint density at radius 3 is 1.72 bits per heavy atom. The molecule has 0 saturated heterocycles. The predicted octanol–water partition coefficient (Wildman–Crippen LogP) is 3.91. The van der Waals surface area contributed by atoms with E-state index in [4.69, 9.17) is 6.57 Å². The molecule has 0 aromatic carbocycles. The summed E-state index contributed by atoms with van der Waals surface area (Å²) in [5.74, 6) is 0. The molecule has 0 spiro atoms. The first-order valence-electron chi connectivity index (χ1n) is 9.23. The van der Waals surface area contributed by atoms with Crippen LogP contribution in [0.4, 0.5) is 0 Å². The van der Waals surface area contributed by atoms with Crippen LogP contribution in [-0.4, -0.2) is 29.0 Å². The summed E-state index contributed by atoms with van der Waals surface area (Å²) in [7, 11) is 0. The van der Waals surface area contributed by atoms with Crippen LogP contribution >= 0.6 is 22.7 Å². The van der Waals surface area contributed by atoms with Crippen molar-refractivity contribution in [2.75, 3.05) is 0 Å². The summed E-state index contributed by atoms with van der Waals surface area (Å²) >= 11 is 2.96. The zero-order valence-corrected chi connectivity index (χ0v) is 21.9. The van der Waals surface area contributed by atoms with E-state index in [0.717, 1.165) is 37.3 Å². The van der Waals surface area contributed by atoms with Gasteiger partial charge in [0.25, 0.3) is 0 Å². The Bertz CT molecular complexity index is 1590. The molecule has 0 aliphatic carbocycles. The molecule has 0 unspecified atom stereocenters. The van der Waals surface area contributed by atoms with Crippen molar-refractivity contribution >= 4 is 63.0 Å². The molecule has 4 nitrogen and oxygen atoms in total. The quantitative estimate of drug-likeness (QED) is 0.268. The van der Waals surface area contributed by atoms with Gasteiger partial charge in [0.05, 0.1) is 0 Å². The summed E-state index contributed by atoms with van der Waals surface area (Å²) in [5.41, 5.74) is 2.41. The summed E-state index contributed by atoms with van der Waals surface area (Å²) in [6.45, 7) is 11.5. The van der Waals surface area contributed by atoms with Gasteiger partial charge in [-0.3, -0.25) is 0 Å². The van der Waals surface area contributed by atoms with Gasteiger partial charge in [0.1, 0.15) is 0 Å². The van der Waals surface area contributed by atoms with Crippen molar-refractivity contribution in [1.82, 2.24) is 0 Å². The Morgan fingerprint density at radius 1 is 0.812 bits per heavy atom. The maximum atomic E-state index is 9.47. The maximum absolute atomic E-state index is 9.47. The fourth-order valence-electron chi connectivity index (χ4n) is 3.15. The average molecular weight is 578 g/mol.